The van der Waals surface area contributed by atoms with E-state index in [1.165, 1.54) is 12.1 Å². The molecular weight excluding hydrogens is 384 g/mol. The summed E-state index contributed by atoms with van der Waals surface area (Å²) in [6.07, 6.45) is 0. The van der Waals surface area contributed by atoms with Crippen molar-refractivity contribution in [2.75, 3.05) is 5.73 Å². The molecule has 0 atom stereocenters. The van der Waals surface area contributed by atoms with Gasteiger partial charge in [-0.25, -0.2) is 4.98 Å². The van der Waals surface area contributed by atoms with Crippen LogP contribution in [0.5, 0.6) is 0 Å². The Morgan fingerprint density at radius 2 is 1.84 bits per heavy atom. The standard InChI is InChI=1S/C18H11BrN4O2/c19-13-3-1-2-12(8-13)15-9-17(22-18(21)16(15)10-20)11-4-6-14(7-5-11)23(24)25/h1-9H,(H2,21,22). The normalized spacial score (nSPS) is 10.2. The van der Waals surface area contributed by atoms with Gasteiger partial charge in [-0.3, -0.25) is 10.1 Å². The molecule has 1 heterocycles. The quantitative estimate of drug-likeness (QED) is 0.518. The summed E-state index contributed by atoms with van der Waals surface area (Å²) in [5.41, 5.74) is 8.96. The van der Waals surface area contributed by atoms with Crippen LogP contribution in [0.15, 0.2) is 59.1 Å². The Balaban J connectivity index is 2.17. The number of rotatable bonds is 3. The van der Waals surface area contributed by atoms with Crippen molar-refractivity contribution >= 4 is 27.4 Å². The third kappa shape index (κ3) is 3.34. The lowest BCUT2D eigenvalue weighted by Gasteiger charge is -2.10. The van der Waals surface area contributed by atoms with Gasteiger partial charge >= 0.3 is 0 Å². The Labute approximate surface area is 151 Å². The Bertz CT molecular complexity index is 1010. The second kappa shape index (κ2) is 6.71. The number of nitrogens with two attached hydrogens (primary N) is 1. The van der Waals surface area contributed by atoms with Crippen molar-refractivity contribution in [3.8, 4) is 28.5 Å². The molecule has 2 aromatic carbocycles. The fourth-order valence-electron chi connectivity index (χ4n) is 2.47. The SMILES string of the molecule is N#Cc1c(-c2cccc(Br)c2)cc(-c2ccc([N+](=O)[O-])cc2)nc1N. The van der Waals surface area contributed by atoms with E-state index >= 15 is 0 Å². The van der Waals surface area contributed by atoms with E-state index in [4.69, 9.17) is 5.73 Å². The summed E-state index contributed by atoms with van der Waals surface area (Å²) in [6, 6.07) is 17.4. The maximum atomic E-state index is 10.8. The van der Waals surface area contributed by atoms with Crippen molar-refractivity contribution in [2.24, 2.45) is 0 Å². The lowest BCUT2D eigenvalue weighted by molar-refractivity contribution is -0.384. The summed E-state index contributed by atoms with van der Waals surface area (Å²) >= 11 is 3.42. The molecule has 1 aromatic heterocycles. The molecule has 0 spiro atoms. The number of nitrogens with zero attached hydrogens (tertiary/aromatic N) is 3. The number of aromatic nitrogens is 1. The second-order valence-electron chi connectivity index (χ2n) is 5.24. The van der Waals surface area contributed by atoms with Crippen LogP contribution < -0.4 is 5.73 Å². The monoisotopic (exact) mass is 394 g/mol. The minimum atomic E-state index is -0.461. The third-order valence-corrected chi connectivity index (χ3v) is 4.16. The topological polar surface area (TPSA) is 106 Å². The summed E-state index contributed by atoms with van der Waals surface area (Å²) in [5, 5.41) is 20.2. The van der Waals surface area contributed by atoms with Gasteiger partial charge in [-0.1, -0.05) is 28.1 Å². The first-order valence-corrected chi connectivity index (χ1v) is 8.00. The molecule has 0 fully saturated rings. The molecule has 0 amide bonds. The number of nitriles is 1. The average molecular weight is 395 g/mol. The van der Waals surface area contributed by atoms with E-state index in [9.17, 15) is 15.4 Å². The molecule has 0 bridgehead atoms. The number of nitro benzene ring substituents is 1. The lowest BCUT2D eigenvalue weighted by Crippen LogP contribution is -2.00. The van der Waals surface area contributed by atoms with Crippen molar-refractivity contribution in [3.63, 3.8) is 0 Å². The van der Waals surface area contributed by atoms with Gasteiger partial charge in [0.25, 0.3) is 5.69 Å². The molecule has 122 valence electrons. The molecule has 6 nitrogen and oxygen atoms in total. The maximum Gasteiger partial charge on any atom is 0.269 e. The van der Waals surface area contributed by atoms with Crippen LogP contribution in [0.4, 0.5) is 11.5 Å². The van der Waals surface area contributed by atoms with Crippen LogP contribution in [0, 0.1) is 21.4 Å². The van der Waals surface area contributed by atoms with Crippen LogP contribution in [-0.4, -0.2) is 9.91 Å². The highest BCUT2D eigenvalue weighted by molar-refractivity contribution is 9.10. The molecule has 7 heteroatoms. The van der Waals surface area contributed by atoms with Gasteiger partial charge in [0.1, 0.15) is 17.5 Å². The van der Waals surface area contributed by atoms with Crippen molar-refractivity contribution in [2.45, 2.75) is 0 Å². The Morgan fingerprint density at radius 3 is 2.44 bits per heavy atom. The Hall–Kier alpha value is -3.24. The van der Waals surface area contributed by atoms with Gasteiger partial charge in [0.15, 0.2) is 0 Å². The zero-order valence-corrected chi connectivity index (χ0v) is 14.4. The molecule has 0 aliphatic heterocycles. The Kier molecular flexibility index (Phi) is 4.46. The molecule has 3 aromatic rings. The predicted molar refractivity (Wildman–Crippen MR) is 98.6 cm³/mol. The van der Waals surface area contributed by atoms with E-state index in [2.05, 4.69) is 27.0 Å². The van der Waals surface area contributed by atoms with E-state index < -0.39 is 4.92 Å². The van der Waals surface area contributed by atoms with Crippen molar-refractivity contribution in [3.05, 3.63) is 74.7 Å². The molecule has 0 saturated heterocycles. The number of halogens is 1. The minimum absolute atomic E-state index is 0.00224. The first-order chi connectivity index (χ1) is 12.0. The van der Waals surface area contributed by atoms with Gasteiger partial charge < -0.3 is 5.73 Å². The number of nitro groups is 1. The highest BCUT2D eigenvalue weighted by Gasteiger charge is 2.14. The molecule has 25 heavy (non-hydrogen) atoms. The first kappa shape index (κ1) is 16.6. The average Bonchev–Trinajstić information content (AvgIpc) is 2.61. The van der Waals surface area contributed by atoms with E-state index in [0.29, 0.717) is 22.4 Å². The smallest absolute Gasteiger partial charge is 0.269 e. The summed E-state index contributed by atoms with van der Waals surface area (Å²) in [6.45, 7) is 0. The summed E-state index contributed by atoms with van der Waals surface area (Å²) in [7, 11) is 0. The number of hydrogen-bond donors (Lipinski definition) is 1. The van der Waals surface area contributed by atoms with Crippen LogP contribution in [0.1, 0.15) is 5.56 Å². The molecule has 3 rings (SSSR count). The van der Waals surface area contributed by atoms with Crippen LogP contribution in [0.25, 0.3) is 22.4 Å². The van der Waals surface area contributed by atoms with Gasteiger partial charge in [-0.05, 0) is 35.9 Å². The van der Waals surface area contributed by atoms with Crippen molar-refractivity contribution in [1.82, 2.24) is 4.98 Å². The molecule has 0 aliphatic carbocycles. The molecule has 0 saturated carbocycles. The number of pyridine rings is 1. The summed E-state index contributed by atoms with van der Waals surface area (Å²) < 4.78 is 0.876. The zero-order chi connectivity index (χ0) is 18.0. The van der Waals surface area contributed by atoms with Crippen molar-refractivity contribution in [1.29, 1.82) is 5.26 Å². The maximum absolute atomic E-state index is 10.8. The predicted octanol–water partition coefficient (Wildman–Crippen LogP) is 4.54. The number of nitrogen functional groups attached to an aromatic ring is 1. The van der Waals surface area contributed by atoms with Gasteiger partial charge in [0.2, 0.25) is 0 Å². The number of non-ortho nitro benzene ring substituents is 1. The first-order valence-electron chi connectivity index (χ1n) is 7.21. The highest BCUT2D eigenvalue weighted by atomic mass is 79.9. The minimum Gasteiger partial charge on any atom is -0.383 e. The lowest BCUT2D eigenvalue weighted by atomic mass is 9.98. The second-order valence-corrected chi connectivity index (χ2v) is 6.16. The van der Waals surface area contributed by atoms with E-state index in [-0.39, 0.29) is 11.5 Å². The number of anilines is 1. The van der Waals surface area contributed by atoms with E-state index in [0.717, 1.165) is 10.0 Å². The van der Waals surface area contributed by atoms with Gasteiger partial charge in [-0.15, -0.1) is 0 Å². The molecule has 0 unspecified atom stereocenters. The van der Waals surface area contributed by atoms with E-state index in [1.807, 2.05) is 24.3 Å². The van der Waals surface area contributed by atoms with Crippen LogP contribution >= 0.6 is 15.9 Å². The molecular formula is C18H11BrN4O2. The van der Waals surface area contributed by atoms with Crippen molar-refractivity contribution < 1.29 is 4.92 Å². The van der Waals surface area contributed by atoms with Crippen LogP contribution in [0.2, 0.25) is 0 Å². The van der Waals surface area contributed by atoms with Gasteiger partial charge in [-0.2, -0.15) is 5.26 Å². The van der Waals surface area contributed by atoms with Crippen LogP contribution in [-0.2, 0) is 0 Å². The largest absolute Gasteiger partial charge is 0.383 e. The fraction of sp³-hybridized carbons (Fsp3) is 0. The number of hydrogen-bond acceptors (Lipinski definition) is 5. The van der Waals surface area contributed by atoms with Gasteiger partial charge in [0.05, 0.1) is 10.6 Å². The van der Waals surface area contributed by atoms with E-state index in [1.54, 1.807) is 18.2 Å². The molecule has 0 aliphatic rings. The number of benzene rings is 2. The highest BCUT2D eigenvalue weighted by Crippen LogP contribution is 2.32. The third-order valence-electron chi connectivity index (χ3n) is 3.67. The van der Waals surface area contributed by atoms with Crippen LogP contribution in [0.3, 0.4) is 0 Å². The van der Waals surface area contributed by atoms with Gasteiger partial charge in [0, 0.05) is 27.7 Å². The Morgan fingerprint density at radius 1 is 1.12 bits per heavy atom. The zero-order valence-electron chi connectivity index (χ0n) is 12.8. The molecule has 2 N–H and O–H groups in total. The summed E-state index contributed by atoms with van der Waals surface area (Å²) in [5.74, 6) is 0.119. The molecule has 0 radical (unpaired) electrons. The fourth-order valence-corrected chi connectivity index (χ4v) is 2.87. The summed E-state index contributed by atoms with van der Waals surface area (Å²) in [4.78, 5) is 14.6.